The van der Waals surface area contributed by atoms with E-state index >= 15 is 0 Å². The molecule has 3 heterocycles. The van der Waals surface area contributed by atoms with Gasteiger partial charge in [0.05, 0.1) is 5.39 Å². The van der Waals surface area contributed by atoms with Gasteiger partial charge in [-0.15, -0.1) is 0 Å². The number of aromatic amines is 1. The second-order valence-electron chi connectivity index (χ2n) is 8.58. The molecule has 1 amide bonds. The number of benzene rings is 1. The standard InChI is InChI=1S/C23H27N5O2/c1-15-19-12-28(23(29)30-13-16-6-4-3-5-7-16)11-17(19)10-20(15)27(2)22-18-8-9-24-21(18)25-14-26-22/h3-9,14-15,17,19-20H,10-13H2,1-2H3,(H,24,25,26)/t15-,17+,19+,20-/m0/s1. The van der Waals surface area contributed by atoms with Crippen LogP contribution in [-0.4, -0.2) is 52.1 Å². The summed E-state index contributed by atoms with van der Waals surface area (Å²) in [4.78, 5) is 28.8. The van der Waals surface area contributed by atoms with E-state index in [2.05, 4.69) is 33.8 Å². The minimum absolute atomic E-state index is 0.199. The molecule has 1 aliphatic heterocycles. The third-order valence-electron chi connectivity index (χ3n) is 6.95. The summed E-state index contributed by atoms with van der Waals surface area (Å²) in [5, 5.41) is 1.05. The lowest BCUT2D eigenvalue weighted by Gasteiger charge is -2.31. The van der Waals surface area contributed by atoms with Crippen LogP contribution in [0, 0.1) is 17.8 Å². The Kier molecular flexibility index (Phi) is 4.81. The van der Waals surface area contributed by atoms with Crippen molar-refractivity contribution in [3.05, 3.63) is 54.5 Å². The molecule has 0 unspecified atom stereocenters. The Morgan fingerprint density at radius 2 is 2.07 bits per heavy atom. The first-order chi connectivity index (χ1) is 14.6. The Hall–Kier alpha value is -3.09. The van der Waals surface area contributed by atoms with Gasteiger partial charge < -0.3 is 19.5 Å². The van der Waals surface area contributed by atoms with Crippen molar-refractivity contribution in [2.75, 3.05) is 25.0 Å². The molecule has 1 saturated carbocycles. The molecule has 30 heavy (non-hydrogen) atoms. The van der Waals surface area contributed by atoms with Gasteiger partial charge in [0, 0.05) is 32.4 Å². The van der Waals surface area contributed by atoms with Crippen LogP contribution < -0.4 is 4.90 Å². The Bertz CT molecular complexity index is 1040. The van der Waals surface area contributed by atoms with Gasteiger partial charge in [-0.2, -0.15) is 0 Å². The van der Waals surface area contributed by atoms with Crippen molar-refractivity contribution in [1.29, 1.82) is 0 Å². The second kappa shape index (κ2) is 7.63. The Morgan fingerprint density at radius 1 is 1.23 bits per heavy atom. The molecule has 0 bridgehead atoms. The maximum atomic E-state index is 12.6. The molecule has 1 aliphatic carbocycles. The SMILES string of the molecule is C[C@H]1[C@H]2CN(C(=O)OCc3ccccc3)C[C@H]2C[C@@H]1N(C)c1ncnc2[nH]ccc12. The predicted molar refractivity (Wildman–Crippen MR) is 115 cm³/mol. The lowest BCUT2D eigenvalue weighted by molar-refractivity contribution is 0.100. The molecule has 1 aromatic carbocycles. The van der Waals surface area contributed by atoms with E-state index in [1.165, 1.54) is 0 Å². The lowest BCUT2D eigenvalue weighted by atomic mass is 9.93. The molecule has 7 heteroatoms. The number of nitrogens with one attached hydrogen (secondary N) is 1. The van der Waals surface area contributed by atoms with Crippen molar-refractivity contribution in [2.45, 2.75) is 26.0 Å². The number of fused-ring (bicyclic) bond motifs is 2. The van der Waals surface area contributed by atoms with Crippen molar-refractivity contribution in [2.24, 2.45) is 17.8 Å². The van der Waals surface area contributed by atoms with Crippen molar-refractivity contribution in [3.63, 3.8) is 0 Å². The molecule has 7 nitrogen and oxygen atoms in total. The molecule has 0 radical (unpaired) electrons. The minimum atomic E-state index is -0.199. The predicted octanol–water partition coefficient (Wildman–Crippen LogP) is 3.69. The first-order valence-electron chi connectivity index (χ1n) is 10.6. The highest BCUT2D eigenvalue weighted by molar-refractivity contribution is 5.87. The van der Waals surface area contributed by atoms with Crippen LogP contribution in [0.25, 0.3) is 11.0 Å². The topological polar surface area (TPSA) is 74.3 Å². The first-order valence-corrected chi connectivity index (χ1v) is 10.6. The van der Waals surface area contributed by atoms with E-state index in [0.29, 0.717) is 30.4 Å². The number of hydrogen-bond donors (Lipinski definition) is 1. The van der Waals surface area contributed by atoms with Gasteiger partial charge in [-0.05, 0) is 35.8 Å². The number of carbonyl (C=O) groups excluding carboxylic acids is 1. The molecule has 4 atom stereocenters. The zero-order chi connectivity index (χ0) is 20.7. The number of amides is 1. The van der Waals surface area contributed by atoms with E-state index in [1.54, 1.807) is 6.33 Å². The number of H-pyrrole nitrogens is 1. The highest BCUT2D eigenvalue weighted by Gasteiger charge is 2.48. The molecule has 1 saturated heterocycles. The molecule has 156 valence electrons. The van der Waals surface area contributed by atoms with E-state index in [9.17, 15) is 4.79 Å². The van der Waals surface area contributed by atoms with Gasteiger partial charge in [0.15, 0.2) is 0 Å². The summed E-state index contributed by atoms with van der Waals surface area (Å²) < 4.78 is 5.55. The van der Waals surface area contributed by atoms with Gasteiger partial charge in [0.2, 0.25) is 0 Å². The van der Waals surface area contributed by atoms with Crippen molar-refractivity contribution in [1.82, 2.24) is 19.9 Å². The molecule has 5 rings (SSSR count). The molecule has 2 fully saturated rings. The smallest absolute Gasteiger partial charge is 0.410 e. The maximum Gasteiger partial charge on any atom is 0.410 e. The van der Waals surface area contributed by atoms with Gasteiger partial charge in [0.25, 0.3) is 0 Å². The number of likely N-dealkylation sites (tertiary alicyclic amines) is 1. The molecule has 2 aliphatic rings. The fourth-order valence-corrected chi connectivity index (χ4v) is 5.32. The van der Waals surface area contributed by atoms with E-state index in [1.807, 2.05) is 47.5 Å². The molecule has 3 aromatic rings. The number of rotatable bonds is 4. The van der Waals surface area contributed by atoms with Crippen LogP contribution >= 0.6 is 0 Å². The third kappa shape index (κ3) is 3.28. The summed E-state index contributed by atoms with van der Waals surface area (Å²) in [6.45, 7) is 4.18. The zero-order valence-electron chi connectivity index (χ0n) is 17.4. The van der Waals surface area contributed by atoms with Crippen molar-refractivity contribution >= 4 is 22.9 Å². The molecular weight excluding hydrogens is 378 g/mol. The molecule has 2 aromatic heterocycles. The molecule has 1 N–H and O–H groups in total. The quantitative estimate of drug-likeness (QED) is 0.717. The van der Waals surface area contributed by atoms with Crippen LogP contribution in [0.5, 0.6) is 0 Å². The Morgan fingerprint density at radius 3 is 2.87 bits per heavy atom. The average molecular weight is 406 g/mol. The van der Waals surface area contributed by atoms with Crippen LogP contribution in [0.1, 0.15) is 18.9 Å². The number of carbonyl (C=O) groups is 1. The van der Waals surface area contributed by atoms with E-state index in [0.717, 1.165) is 41.9 Å². The second-order valence-corrected chi connectivity index (χ2v) is 8.58. The van der Waals surface area contributed by atoms with Crippen molar-refractivity contribution in [3.8, 4) is 0 Å². The van der Waals surface area contributed by atoms with Gasteiger partial charge in [0.1, 0.15) is 24.4 Å². The highest BCUT2D eigenvalue weighted by atomic mass is 16.6. The summed E-state index contributed by atoms with van der Waals surface area (Å²) >= 11 is 0. The minimum Gasteiger partial charge on any atom is -0.445 e. The Labute approximate surface area is 176 Å². The van der Waals surface area contributed by atoms with E-state index < -0.39 is 0 Å². The van der Waals surface area contributed by atoms with Gasteiger partial charge >= 0.3 is 6.09 Å². The maximum absolute atomic E-state index is 12.6. The van der Waals surface area contributed by atoms with Crippen molar-refractivity contribution < 1.29 is 9.53 Å². The van der Waals surface area contributed by atoms with Gasteiger partial charge in [-0.1, -0.05) is 37.3 Å². The summed E-state index contributed by atoms with van der Waals surface area (Å²) in [5.74, 6) is 2.43. The summed E-state index contributed by atoms with van der Waals surface area (Å²) in [7, 11) is 2.13. The van der Waals surface area contributed by atoms with Gasteiger partial charge in [-0.25, -0.2) is 14.8 Å². The first kappa shape index (κ1) is 18.9. The summed E-state index contributed by atoms with van der Waals surface area (Å²) in [5.41, 5.74) is 1.88. The fourth-order valence-electron chi connectivity index (χ4n) is 5.32. The zero-order valence-corrected chi connectivity index (χ0v) is 17.4. The largest absolute Gasteiger partial charge is 0.445 e. The normalized spacial score (nSPS) is 25.5. The third-order valence-corrected chi connectivity index (χ3v) is 6.95. The number of anilines is 1. The molecule has 0 spiro atoms. The monoisotopic (exact) mass is 405 g/mol. The van der Waals surface area contributed by atoms with E-state index in [4.69, 9.17) is 4.74 Å². The van der Waals surface area contributed by atoms with Crippen LogP contribution in [-0.2, 0) is 11.3 Å². The van der Waals surface area contributed by atoms with Crippen LogP contribution in [0.4, 0.5) is 10.6 Å². The number of aromatic nitrogens is 3. The number of ether oxygens (including phenoxy) is 1. The summed E-state index contributed by atoms with van der Waals surface area (Å²) in [6.07, 6.45) is 4.38. The molecular formula is C23H27N5O2. The lowest BCUT2D eigenvalue weighted by Crippen LogP contribution is -2.38. The average Bonchev–Trinajstić information content (AvgIpc) is 3.48. The summed E-state index contributed by atoms with van der Waals surface area (Å²) in [6, 6.07) is 12.3. The highest BCUT2D eigenvalue weighted by Crippen LogP contribution is 2.45. The van der Waals surface area contributed by atoms with Crippen LogP contribution in [0.3, 0.4) is 0 Å². The Balaban J connectivity index is 1.23. The number of hydrogen-bond acceptors (Lipinski definition) is 5. The number of nitrogens with zero attached hydrogens (tertiary/aromatic N) is 4. The van der Waals surface area contributed by atoms with E-state index in [-0.39, 0.29) is 6.09 Å². The fraction of sp³-hybridized carbons (Fsp3) is 0.435. The van der Waals surface area contributed by atoms with Crippen LogP contribution in [0.2, 0.25) is 0 Å². The van der Waals surface area contributed by atoms with Crippen LogP contribution in [0.15, 0.2) is 48.9 Å². The van der Waals surface area contributed by atoms with Gasteiger partial charge in [-0.3, -0.25) is 0 Å².